The first-order valence-electron chi connectivity index (χ1n) is 13.8. The second-order valence-electron chi connectivity index (χ2n) is 11.8. The molecule has 0 bridgehead atoms. The Morgan fingerprint density at radius 1 is 1.03 bits per heavy atom. The Labute approximate surface area is 240 Å². The summed E-state index contributed by atoms with van der Waals surface area (Å²) in [6.07, 6.45) is 4.79. The number of likely N-dealkylation sites (tertiary alicyclic amines) is 1. The molecule has 210 valence electrons. The molecule has 3 fully saturated rings. The minimum atomic E-state index is -3.45. The highest BCUT2D eigenvalue weighted by Gasteiger charge is 2.55. The van der Waals surface area contributed by atoms with Crippen molar-refractivity contribution >= 4 is 44.9 Å². The van der Waals surface area contributed by atoms with E-state index >= 15 is 0 Å². The zero-order valence-electron chi connectivity index (χ0n) is 22.1. The second-order valence-corrected chi connectivity index (χ2v) is 15.0. The fourth-order valence-electron chi connectivity index (χ4n) is 6.79. The van der Waals surface area contributed by atoms with Crippen LogP contribution in [0.1, 0.15) is 81.4 Å². The zero-order chi connectivity index (χ0) is 27.9. The van der Waals surface area contributed by atoms with Crippen LogP contribution in [-0.2, 0) is 19.4 Å². The van der Waals surface area contributed by atoms with Gasteiger partial charge in [0.05, 0.1) is 28.9 Å². The van der Waals surface area contributed by atoms with Crippen LogP contribution in [-0.4, -0.2) is 47.3 Å². The van der Waals surface area contributed by atoms with Gasteiger partial charge in [-0.05, 0) is 73.4 Å². The molecule has 9 heteroatoms. The van der Waals surface area contributed by atoms with Crippen LogP contribution in [0, 0.1) is 11.3 Å². The van der Waals surface area contributed by atoms with Crippen LogP contribution in [0.3, 0.4) is 0 Å². The second kappa shape index (κ2) is 11.1. The van der Waals surface area contributed by atoms with E-state index in [1.165, 1.54) is 0 Å². The van der Waals surface area contributed by atoms with Gasteiger partial charge in [0.15, 0.2) is 9.84 Å². The number of benzene rings is 2. The van der Waals surface area contributed by atoms with Crippen LogP contribution >= 0.6 is 23.2 Å². The number of hydrogen-bond donors (Lipinski definition) is 1. The van der Waals surface area contributed by atoms with Gasteiger partial charge in [-0.25, -0.2) is 8.42 Å². The van der Waals surface area contributed by atoms with E-state index in [9.17, 15) is 23.1 Å². The minimum absolute atomic E-state index is 0.0621. The number of carboxylic acid groups (broad SMARTS) is 1. The van der Waals surface area contributed by atoms with Gasteiger partial charge in [0, 0.05) is 22.0 Å². The van der Waals surface area contributed by atoms with E-state index in [0.717, 1.165) is 36.8 Å². The Morgan fingerprint density at radius 2 is 1.69 bits per heavy atom. The van der Waals surface area contributed by atoms with Gasteiger partial charge in [-0.2, -0.15) is 0 Å². The molecular weight excluding hydrogens is 557 g/mol. The van der Waals surface area contributed by atoms with E-state index in [0.29, 0.717) is 29.3 Å². The van der Waals surface area contributed by atoms with Gasteiger partial charge >= 0.3 is 5.97 Å². The summed E-state index contributed by atoms with van der Waals surface area (Å²) in [7, 11) is -3.45. The Bertz CT molecular complexity index is 1340. The third-order valence-electron chi connectivity index (χ3n) is 8.87. The van der Waals surface area contributed by atoms with Crippen LogP contribution in [0.5, 0.6) is 0 Å². The molecule has 3 aliphatic rings. The first-order valence-corrected chi connectivity index (χ1v) is 16.2. The van der Waals surface area contributed by atoms with Crippen molar-refractivity contribution in [1.29, 1.82) is 0 Å². The lowest BCUT2D eigenvalue weighted by Gasteiger charge is -2.52. The normalized spacial score (nSPS) is 27.1. The fourth-order valence-corrected chi connectivity index (χ4v) is 9.35. The third-order valence-corrected chi connectivity index (χ3v) is 11.6. The van der Waals surface area contributed by atoms with Crippen LogP contribution in [0.25, 0.3) is 0 Å². The van der Waals surface area contributed by atoms with Gasteiger partial charge in [-0.1, -0.05) is 67.2 Å². The minimum Gasteiger partial charge on any atom is -0.481 e. The molecule has 6 nitrogen and oxygen atoms in total. The molecule has 2 saturated carbocycles. The molecule has 0 radical (unpaired) electrons. The van der Waals surface area contributed by atoms with Gasteiger partial charge in [0.2, 0.25) is 5.91 Å². The smallest absolute Gasteiger partial charge is 0.304 e. The fraction of sp³-hybridized carbons (Fsp3) is 0.533. The molecule has 4 atom stereocenters. The van der Waals surface area contributed by atoms with E-state index < -0.39 is 33.3 Å². The standard InChI is InChI=1S/C30H35Cl2NO5S/c1-30(17-27(34)35)16-25(21-5-4-6-23(32)15-21)28(20-11-13-22(31)14-12-20)33(29(30)36)26(19-9-10-19)18-39(37,38)24-7-2-3-8-24/h4-6,11-15,19,24-26,28H,2-3,7-10,16-18H2,1H3,(H,34,35)/t25-,26-,28-,30+/m1/s1. The molecule has 39 heavy (non-hydrogen) atoms. The molecule has 1 amide bonds. The van der Waals surface area contributed by atoms with Crippen LogP contribution in [0.15, 0.2) is 48.5 Å². The van der Waals surface area contributed by atoms with Crippen molar-refractivity contribution < 1.29 is 23.1 Å². The number of halogens is 2. The monoisotopic (exact) mass is 591 g/mol. The van der Waals surface area contributed by atoms with Gasteiger partial charge in [0.1, 0.15) is 0 Å². The van der Waals surface area contributed by atoms with Gasteiger partial charge in [-0.15, -0.1) is 0 Å². The van der Waals surface area contributed by atoms with Crippen molar-refractivity contribution in [3.05, 3.63) is 69.7 Å². The van der Waals surface area contributed by atoms with Gasteiger partial charge in [0.25, 0.3) is 0 Å². The molecule has 2 aromatic rings. The number of hydrogen-bond acceptors (Lipinski definition) is 4. The van der Waals surface area contributed by atoms with Gasteiger partial charge in [-0.3, -0.25) is 9.59 Å². The highest BCUT2D eigenvalue weighted by atomic mass is 35.5. The Kier molecular flexibility index (Phi) is 8.06. The lowest BCUT2D eigenvalue weighted by atomic mass is 9.67. The van der Waals surface area contributed by atoms with Crippen molar-refractivity contribution in [3.63, 3.8) is 0 Å². The summed E-state index contributed by atoms with van der Waals surface area (Å²) in [4.78, 5) is 28.3. The van der Waals surface area contributed by atoms with E-state index in [1.807, 2.05) is 30.3 Å². The summed E-state index contributed by atoms with van der Waals surface area (Å²) in [6.45, 7) is 1.71. The summed E-state index contributed by atoms with van der Waals surface area (Å²) in [5.74, 6) is -1.66. The predicted octanol–water partition coefficient (Wildman–Crippen LogP) is 6.67. The van der Waals surface area contributed by atoms with E-state index in [4.69, 9.17) is 23.2 Å². The summed E-state index contributed by atoms with van der Waals surface area (Å²) in [6, 6.07) is 13.8. The maximum atomic E-state index is 14.5. The summed E-state index contributed by atoms with van der Waals surface area (Å²) >= 11 is 12.6. The van der Waals surface area contributed by atoms with E-state index in [1.54, 1.807) is 30.0 Å². The maximum Gasteiger partial charge on any atom is 0.304 e. The molecule has 1 aliphatic heterocycles. The average molecular weight is 593 g/mol. The maximum absolute atomic E-state index is 14.5. The van der Waals surface area contributed by atoms with E-state index in [2.05, 4.69) is 0 Å². The zero-order valence-corrected chi connectivity index (χ0v) is 24.4. The number of rotatable bonds is 9. The molecule has 2 aliphatic carbocycles. The average Bonchev–Trinajstić information content (AvgIpc) is 3.56. The number of nitrogens with zero attached hydrogens (tertiary/aromatic N) is 1. The largest absolute Gasteiger partial charge is 0.481 e. The lowest BCUT2D eigenvalue weighted by molar-refractivity contribution is -0.160. The highest BCUT2D eigenvalue weighted by molar-refractivity contribution is 7.92. The van der Waals surface area contributed by atoms with Crippen molar-refractivity contribution in [1.82, 2.24) is 4.90 Å². The van der Waals surface area contributed by atoms with E-state index in [-0.39, 0.29) is 35.2 Å². The number of amides is 1. The highest BCUT2D eigenvalue weighted by Crippen LogP contribution is 2.54. The number of carbonyl (C=O) groups is 2. The molecule has 0 spiro atoms. The first kappa shape index (κ1) is 28.4. The summed E-state index contributed by atoms with van der Waals surface area (Å²) in [5, 5.41) is 10.6. The predicted molar refractivity (Wildman–Crippen MR) is 153 cm³/mol. The SMILES string of the molecule is C[C@@]1(CC(=O)O)C[C@H](c2cccc(Cl)c2)[C@@H](c2ccc(Cl)cc2)N([C@H](CS(=O)(=O)C2CCCC2)C2CC2)C1=O. The molecular formula is C30H35Cl2NO5S. The number of carboxylic acids is 1. The van der Waals surface area contributed by atoms with Crippen molar-refractivity contribution in [2.24, 2.45) is 11.3 Å². The molecule has 5 rings (SSSR count). The summed E-state index contributed by atoms with van der Waals surface area (Å²) < 4.78 is 27.4. The molecule has 1 heterocycles. The lowest BCUT2D eigenvalue weighted by Crippen LogP contribution is -2.58. The van der Waals surface area contributed by atoms with Crippen LogP contribution < -0.4 is 0 Å². The molecule has 1 N–H and O–H groups in total. The van der Waals surface area contributed by atoms with Crippen molar-refractivity contribution in [2.75, 3.05) is 5.75 Å². The Morgan fingerprint density at radius 3 is 2.28 bits per heavy atom. The van der Waals surface area contributed by atoms with Crippen LogP contribution in [0.2, 0.25) is 10.0 Å². The van der Waals surface area contributed by atoms with Crippen molar-refractivity contribution in [3.8, 4) is 0 Å². The summed E-state index contributed by atoms with van der Waals surface area (Å²) in [5.41, 5.74) is 0.537. The number of aliphatic carboxylic acids is 1. The third kappa shape index (κ3) is 6.01. The number of sulfone groups is 1. The number of carbonyl (C=O) groups excluding carboxylic acids is 1. The molecule has 1 saturated heterocycles. The van der Waals surface area contributed by atoms with Crippen molar-refractivity contribution in [2.45, 2.75) is 81.5 Å². The molecule has 0 unspecified atom stereocenters. The Hall–Kier alpha value is -2.09. The first-order chi connectivity index (χ1) is 18.5. The topological polar surface area (TPSA) is 91.8 Å². The molecule has 2 aromatic carbocycles. The van der Waals surface area contributed by atoms with Gasteiger partial charge < -0.3 is 10.0 Å². The number of piperidine rings is 1. The quantitative estimate of drug-likeness (QED) is 0.351. The Balaban J connectivity index is 1.66. The van der Waals surface area contributed by atoms with Crippen LogP contribution in [0.4, 0.5) is 0 Å². The molecule has 0 aromatic heterocycles.